The summed E-state index contributed by atoms with van der Waals surface area (Å²) in [6.07, 6.45) is 9.50. The second-order valence-corrected chi connectivity index (χ2v) is 8.33. The molecular formula is C21H25N3O3S. The first kappa shape index (κ1) is 19.1. The zero-order valence-electron chi connectivity index (χ0n) is 15.8. The molecule has 1 N–H and O–H groups in total. The predicted molar refractivity (Wildman–Crippen MR) is 109 cm³/mol. The van der Waals surface area contributed by atoms with Crippen LogP contribution in [0, 0.1) is 5.92 Å². The van der Waals surface area contributed by atoms with E-state index in [0.29, 0.717) is 41.7 Å². The number of aromatic nitrogens is 1. The lowest BCUT2D eigenvalue weighted by Crippen LogP contribution is -2.48. The van der Waals surface area contributed by atoms with Gasteiger partial charge in [-0.15, -0.1) is 11.3 Å². The minimum absolute atomic E-state index is 0.0239. The first-order chi connectivity index (χ1) is 13.7. The van der Waals surface area contributed by atoms with Crippen LogP contribution in [0.1, 0.15) is 52.1 Å². The van der Waals surface area contributed by atoms with Gasteiger partial charge in [0.2, 0.25) is 0 Å². The van der Waals surface area contributed by atoms with Gasteiger partial charge in [0.1, 0.15) is 4.88 Å². The van der Waals surface area contributed by atoms with Gasteiger partial charge in [0.05, 0.1) is 18.4 Å². The van der Waals surface area contributed by atoms with Gasteiger partial charge in [0.15, 0.2) is 0 Å². The van der Waals surface area contributed by atoms with E-state index in [0.717, 1.165) is 0 Å². The normalized spacial score (nSPS) is 20.7. The lowest BCUT2D eigenvalue weighted by Gasteiger charge is -2.38. The predicted octanol–water partition coefficient (Wildman–Crippen LogP) is 3.82. The van der Waals surface area contributed by atoms with Crippen LogP contribution in [-0.2, 0) is 4.74 Å². The molecule has 1 aliphatic carbocycles. The molecule has 0 aromatic carbocycles. The Kier molecular flexibility index (Phi) is 6.02. The molecule has 28 heavy (non-hydrogen) atoms. The number of carbonyl (C=O) groups excluding carboxylic acids is 2. The number of amides is 2. The van der Waals surface area contributed by atoms with Gasteiger partial charge >= 0.3 is 0 Å². The van der Waals surface area contributed by atoms with E-state index in [2.05, 4.69) is 10.3 Å². The molecule has 1 saturated heterocycles. The van der Waals surface area contributed by atoms with Crippen molar-refractivity contribution in [2.45, 2.75) is 38.2 Å². The third kappa shape index (κ3) is 4.25. The van der Waals surface area contributed by atoms with Crippen LogP contribution in [0.5, 0.6) is 0 Å². The summed E-state index contributed by atoms with van der Waals surface area (Å²) in [7, 11) is 0. The van der Waals surface area contributed by atoms with E-state index < -0.39 is 0 Å². The Hall–Kier alpha value is -2.25. The maximum absolute atomic E-state index is 13.1. The number of morpholine rings is 1. The zero-order valence-corrected chi connectivity index (χ0v) is 16.6. The summed E-state index contributed by atoms with van der Waals surface area (Å²) in [6, 6.07) is 5.09. The zero-order chi connectivity index (χ0) is 19.3. The third-order valence-electron chi connectivity index (χ3n) is 5.61. The van der Waals surface area contributed by atoms with Gasteiger partial charge < -0.3 is 15.0 Å². The molecular weight excluding hydrogens is 374 g/mol. The largest absolute Gasteiger partial charge is 0.374 e. The van der Waals surface area contributed by atoms with E-state index >= 15 is 0 Å². The van der Waals surface area contributed by atoms with Gasteiger partial charge in [-0.25, -0.2) is 0 Å². The fraction of sp³-hybridized carbons (Fsp3) is 0.476. The second-order valence-electron chi connectivity index (χ2n) is 7.41. The van der Waals surface area contributed by atoms with Gasteiger partial charge in [0.25, 0.3) is 11.8 Å². The van der Waals surface area contributed by atoms with Crippen molar-refractivity contribution in [2.75, 3.05) is 25.0 Å². The molecule has 3 heterocycles. The number of rotatable bonds is 4. The highest BCUT2D eigenvalue weighted by Gasteiger charge is 2.32. The van der Waals surface area contributed by atoms with Crippen LogP contribution < -0.4 is 5.32 Å². The molecule has 2 fully saturated rings. The van der Waals surface area contributed by atoms with Crippen molar-refractivity contribution in [3.8, 4) is 0 Å². The Bertz CT molecular complexity index is 817. The van der Waals surface area contributed by atoms with Crippen molar-refractivity contribution in [3.05, 3.63) is 46.4 Å². The van der Waals surface area contributed by atoms with E-state index in [1.807, 2.05) is 10.3 Å². The van der Waals surface area contributed by atoms with Crippen LogP contribution in [0.3, 0.4) is 0 Å². The Labute approximate surface area is 168 Å². The maximum Gasteiger partial charge on any atom is 0.266 e. The molecule has 2 aromatic heterocycles. The van der Waals surface area contributed by atoms with E-state index in [1.54, 1.807) is 30.6 Å². The highest BCUT2D eigenvalue weighted by molar-refractivity contribution is 7.12. The molecule has 1 atom stereocenters. The van der Waals surface area contributed by atoms with Gasteiger partial charge in [-0.05, 0) is 42.3 Å². The summed E-state index contributed by atoms with van der Waals surface area (Å²) in [5.74, 6) is 0.291. The number of pyridine rings is 1. The van der Waals surface area contributed by atoms with Gasteiger partial charge in [-0.3, -0.25) is 14.6 Å². The average Bonchev–Trinajstić information content (AvgIpc) is 3.22. The highest BCUT2D eigenvalue weighted by atomic mass is 32.1. The first-order valence-electron chi connectivity index (χ1n) is 9.92. The molecule has 2 aliphatic rings. The standard InChI is InChI=1S/C21H25N3O3S/c25-20(16-6-9-22-10-7-16)23-17-8-13-28-19(17)21(26)24-11-12-27-18(14-24)15-4-2-1-3-5-15/h6-10,13,15,18H,1-5,11-12,14H2,(H,23,25). The smallest absolute Gasteiger partial charge is 0.266 e. The molecule has 1 saturated carbocycles. The molecule has 2 aromatic rings. The van der Waals surface area contributed by atoms with Crippen molar-refractivity contribution in [1.29, 1.82) is 0 Å². The van der Waals surface area contributed by atoms with Crippen LogP contribution >= 0.6 is 11.3 Å². The van der Waals surface area contributed by atoms with Gasteiger partial charge in [0, 0.05) is 31.0 Å². The fourth-order valence-electron chi connectivity index (χ4n) is 4.07. The number of ether oxygens (including phenoxy) is 1. The quantitative estimate of drug-likeness (QED) is 0.848. The summed E-state index contributed by atoms with van der Waals surface area (Å²) in [5, 5.41) is 4.71. The summed E-state index contributed by atoms with van der Waals surface area (Å²) < 4.78 is 6.00. The SMILES string of the molecule is O=C(Nc1ccsc1C(=O)N1CCOC(C2CCCCC2)C1)c1ccncc1. The summed E-state index contributed by atoms with van der Waals surface area (Å²) >= 11 is 1.37. The molecule has 2 amide bonds. The minimum atomic E-state index is -0.239. The number of anilines is 1. The van der Waals surface area contributed by atoms with Crippen molar-refractivity contribution in [3.63, 3.8) is 0 Å². The average molecular weight is 400 g/mol. The molecule has 1 aliphatic heterocycles. The van der Waals surface area contributed by atoms with E-state index in [1.165, 1.54) is 43.4 Å². The summed E-state index contributed by atoms with van der Waals surface area (Å²) in [5.41, 5.74) is 1.08. The molecule has 6 nitrogen and oxygen atoms in total. The second kappa shape index (κ2) is 8.84. The number of hydrogen-bond acceptors (Lipinski definition) is 5. The van der Waals surface area contributed by atoms with Crippen LogP contribution in [0.25, 0.3) is 0 Å². The maximum atomic E-state index is 13.1. The first-order valence-corrected chi connectivity index (χ1v) is 10.8. The lowest BCUT2D eigenvalue weighted by molar-refractivity contribution is -0.0561. The van der Waals surface area contributed by atoms with Crippen LogP contribution in [0.4, 0.5) is 5.69 Å². The lowest BCUT2D eigenvalue weighted by atomic mass is 9.84. The van der Waals surface area contributed by atoms with Crippen molar-refractivity contribution < 1.29 is 14.3 Å². The molecule has 0 radical (unpaired) electrons. The molecule has 7 heteroatoms. The summed E-state index contributed by atoms with van der Waals surface area (Å²) in [6.45, 7) is 1.81. The molecule has 1 unspecified atom stereocenters. The minimum Gasteiger partial charge on any atom is -0.374 e. The van der Waals surface area contributed by atoms with E-state index in [9.17, 15) is 9.59 Å². The van der Waals surface area contributed by atoms with Crippen LogP contribution in [0.15, 0.2) is 36.0 Å². The topological polar surface area (TPSA) is 71.5 Å². The third-order valence-corrected chi connectivity index (χ3v) is 6.51. The Morgan fingerprint density at radius 1 is 1.14 bits per heavy atom. The molecule has 0 bridgehead atoms. The van der Waals surface area contributed by atoms with Gasteiger partial charge in [-0.2, -0.15) is 0 Å². The number of nitrogens with zero attached hydrogens (tertiary/aromatic N) is 2. The number of carbonyl (C=O) groups is 2. The fourth-order valence-corrected chi connectivity index (χ4v) is 4.88. The Balaban J connectivity index is 1.43. The summed E-state index contributed by atoms with van der Waals surface area (Å²) in [4.78, 5) is 32.0. The Morgan fingerprint density at radius 3 is 2.71 bits per heavy atom. The number of hydrogen-bond donors (Lipinski definition) is 1. The molecule has 0 spiro atoms. The molecule has 4 rings (SSSR count). The highest BCUT2D eigenvalue weighted by Crippen LogP contribution is 2.31. The van der Waals surface area contributed by atoms with Crippen molar-refractivity contribution in [1.82, 2.24) is 9.88 Å². The van der Waals surface area contributed by atoms with Crippen molar-refractivity contribution in [2.24, 2.45) is 5.92 Å². The van der Waals surface area contributed by atoms with E-state index in [-0.39, 0.29) is 17.9 Å². The monoisotopic (exact) mass is 399 g/mol. The van der Waals surface area contributed by atoms with E-state index in [4.69, 9.17) is 4.74 Å². The van der Waals surface area contributed by atoms with Crippen LogP contribution in [-0.4, -0.2) is 47.5 Å². The Morgan fingerprint density at radius 2 is 1.93 bits per heavy atom. The van der Waals surface area contributed by atoms with Gasteiger partial charge in [-0.1, -0.05) is 19.3 Å². The number of thiophene rings is 1. The van der Waals surface area contributed by atoms with Crippen LogP contribution in [0.2, 0.25) is 0 Å². The van der Waals surface area contributed by atoms with Crippen molar-refractivity contribution >= 4 is 28.8 Å². The number of nitrogens with one attached hydrogen (secondary N) is 1. The molecule has 148 valence electrons.